The SMILES string of the molecule is Clc1cccc(-c2cc[c]cc2Oc2ccccc2)c1. The van der Waals surface area contributed by atoms with Crippen LogP contribution < -0.4 is 4.74 Å². The van der Waals surface area contributed by atoms with E-state index in [9.17, 15) is 0 Å². The van der Waals surface area contributed by atoms with Crippen LogP contribution in [0.2, 0.25) is 5.02 Å². The molecule has 0 unspecified atom stereocenters. The molecule has 0 saturated carbocycles. The molecule has 0 spiro atoms. The molecule has 3 aromatic rings. The Balaban J connectivity index is 2.00. The van der Waals surface area contributed by atoms with Crippen molar-refractivity contribution in [2.75, 3.05) is 0 Å². The first-order chi connectivity index (χ1) is 9.83. The molecule has 0 aliphatic heterocycles. The van der Waals surface area contributed by atoms with Crippen molar-refractivity contribution < 1.29 is 4.74 Å². The molecule has 0 bridgehead atoms. The summed E-state index contributed by atoms with van der Waals surface area (Å²) >= 11 is 6.06. The predicted octanol–water partition coefficient (Wildman–Crippen LogP) is 5.60. The van der Waals surface area contributed by atoms with Crippen molar-refractivity contribution in [3.8, 4) is 22.6 Å². The maximum Gasteiger partial charge on any atom is 0.135 e. The van der Waals surface area contributed by atoms with Crippen LogP contribution in [0.1, 0.15) is 0 Å². The summed E-state index contributed by atoms with van der Waals surface area (Å²) in [5, 5.41) is 0.709. The van der Waals surface area contributed by atoms with Crippen LogP contribution in [0.3, 0.4) is 0 Å². The fourth-order valence-electron chi connectivity index (χ4n) is 2.01. The van der Waals surface area contributed by atoms with Crippen LogP contribution in [-0.2, 0) is 0 Å². The largest absolute Gasteiger partial charge is 0.457 e. The van der Waals surface area contributed by atoms with Gasteiger partial charge < -0.3 is 4.74 Å². The van der Waals surface area contributed by atoms with Crippen molar-refractivity contribution in [2.45, 2.75) is 0 Å². The van der Waals surface area contributed by atoms with Crippen LogP contribution in [0.15, 0.2) is 72.8 Å². The Bertz CT molecular complexity index is 707. The summed E-state index contributed by atoms with van der Waals surface area (Å²) in [6, 6.07) is 26.2. The van der Waals surface area contributed by atoms with E-state index >= 15 is 0 Å². The lowest BCUT2D eigenvalue weighted by molar-refractivity contribution is 0.484. The number of para-hydroxylation sites is 1. The van der Waals surface area contributed by atoms with Gasteiger partial charge in [0.2, 0.25) is 0 Å². The average molecular weight is 280 g/mol. The van der Waals surface area contributed by atoms with Crippen molar-refractivity contribution in [3.05, 3.63) is 83.9 Å². The number of hydrogen-bond donors (Lipinski definition) is 0. The minimum absolute atomic E-state index is 0.709. The molecule has 0 aliphatic carbocycles. The first kappa shape index (κ1) is 12.8. The fraction of sp³-hybridized carbons (Fsp3) is 0. The van der Waals surface area contributed by atoms with Crippen molar-refractivity contribution in [1.82, 2.24) is 0 Å². The number of hydrogen-bond acceptors (Lipinski definition) is 1. The lowest BCUT2D eigenvalue weighted by Gasteiger charge is -2.11. The van der Waals surface area contributed by atoms with Crippen LogP contribution in [0.4, 0.5) is 0 Å². The smallest absolute Gasteiger partial charge is 0.135 e. The maximum atomic E-state index is 6.06. The van der Waals surface area contributed by atoms with Gasteiger partial charge in [0.05, 0.1) is 0 Å². The molecule has 1 nitrogen and oxygen atoms in total. The maximum absolute atomic E-state index is 6.06. The molecule has 2 heteroatoms. The van der Waals surface area contributed by atoms with Crippen LogP contribution in [0.5, 0.6) is 11.5 Å². The summed E-state index contributed by atoms with van der Waals surface area (Å²) in [6.45, 7) is 0. The monoisotopic (exact) mass is 279 g/mol. The van der Waals surface area contributed by atoms with Gasteiger partial charge in [0.1, 0.15) is 11.5 Å². The highest BCUT2D eigenvalue weighted by Crippen LogP contribution is 2.33. The minimum atomic E-state index is 0.709. The Labute approximate surface area is 123 Å². The van der Waals surface area contributed by atoms with Gasteiger partial charge in [-0.15, -0.1) is 0 Å². The number of rotatable bonds is 3. The molecule has 1 radical (unpaired) electrons. The third-order valence-corrected chi connectivity index (χ3v) is 3.17. The Kier molecular flexibility index (Phi) is 3.71. The zero-order chi connectivity index (χ0) is 13.8. The summed E-state index contributed by atoms with van der Waals surface area (Å²) in [6.07, 6.45) is 0. The molecule has 0 aromatic heterocycles. The van der Waals surface area contributed by atoms with Crippen molar-refractivity contribution in [3.63, 3.8) is 0 Å². The van der Waals surface area contributed by atoms with Gasteiger partial charge in [-0.25, -0.2) is 0 Å². The second-order valence-corrected chi connectivity index (χ2v) is 4.78. The standard InChI is InChI=1S/C18H12ClO/c19-15-8-6-7-14(13-15)17-11-4-5-12-18(17)20-16-9-2-1-3-10-16/h1-4,6-13H. The van der Waals surface area contributed by atoms with Gasteiger partial charge in [-0.1, -0.05) is 54.1 Å². The lowest BCUT2D eigenvalue weighted by atomic mass is 10.0. The van der Waals surface area contributed by atoms with Gasteiger partial charge in [0, 0.05) is 10.6 Å². The average Bonchev–Trinajstić information content (AvgIpc) is 2.49. The van der Waals surface area contributed by atoms with Crippen LogP contribution in [0, 0.1) is 6.07 Å². The number of halogens is 1. The predicted molar refractivity (Wildman–Crippen MR) is 82.2 cm³/mol. The summed E-state index contributed by atoms with van der Waals surface area (Å²) < 4.78 is 5.93. The Morgan fingerprint density at radius 2 is 1.75 bits per heavy atom. The van der Waals surface area contributed by atoms with Crippen molar-refractivity contribution in [2.24, 2.45) is 0 Å². The van der Waals surface area contributed by atoms with E-state index < -0.39 is 0 Å². The third kappa shape index (κ3) is 2.84. The van der Waals surface area contributed by atoms with Gasteiger partial charge in [-0.3, -0.25) is 0 Å². The Hall–Kier alpha value is -2.25. The van der Waals surface area contributed by atoms with E-state index in [1.54, 1.807) is 0 Å². The highest BCUT2D eigenvalue weighted by Gasteiger charge is 2.07. The zero-order valence-electron chi connectivity index (χ0n) is 10.7. The minimum Gasteiger partial charge on any atom is -0.457 e. The highest BCUT2D eigenvalue weighted by molar-refractivity contribution is 6.30. The van der Waals surface area contributed by atoms with E-state index in [1.807, 2.05) is 72.8 Å². The van der Waals surface area contributed by atoms with Crippen LogP contribution in [-0.4, -0.2) is 0 Å². The second-order valence-electron chi connectivity index (χ2n) is 4.35. The van der Waals surface area contributed by atoms with E-state index in [0.717, 1.165) is 22.6 Å². The highest BCUT2D eigenvalue weighted by atomic mass is 35.5. The van der Waals surface area contributed by atoms with Gasteiger partial charge >= 0.3 is 0 Å². The summed E-state index contributed by atoms with van der Waals surface area (Å²) in [7, 11) is 0. The fourth-order valence-corrected chi connectivity index (χ4v) is 2.20. The molecule has 0 heterocycles. The lowest BCUT2D eigenvalue weighted by Crippen LogP contribution is -1.88. The van der Waals surface area contributed by atoms with Crippen molar-refractivity contribution >= 4 is 11.6 Å². The summed E-state index contributed by atoms with van der Waals surface area (Å²) in [5.74, 6) is 1.57. The molecule has 20 heavy (non-hydrogen) atoms. The molecule has 0 saturated heterocycles. The van der Waals surface area contributed by atoms with Crippen LogP contribution in [0.25, 0.3) is 11.1 Å². The van der Waals surface area contributed by atoms with Gasteiger partial charge in [0.15, 0.2) is 0 Å². The molecule has 0 N–H and O–H groups in total. The topological polar surface area (TPSA) is 9.23 Å². The Morgan fingerprint density at radius 1 is 0.900 bits per heavy atom. The van der Waals surface area contributed by atoms with E-state index in [0.29, 0.717) is 5.02 Å². The van der Waals surface area contributed by atoms with Crippen molar-refractivity contribution in [1.29, 1.82) is 0 Å². The van der Waals surface area contributed by atoms with Crippen LogP contribution >= 0.6 is 11.6 Å². The van der Waals surface area contributed by atoms with Gasteiger partial charge in [-0.05, 0) is 42.0 Å². The molecular formula is C18H12ClO. The molecular weight excluding hydrogens is 268 g/mol. The molecule has 97 valence electrons. The molecule has 3 aromatic carbocycles. The normalized spacial score (nSPS) is 10.2. The van der Waals surface area contributed by atoms with Gasteiger partial charge in [-0.2, -0.15) is 0 Å². The zero-order valence-corrected chi connectivity index (χ0v) is 11.5. The molecule has 0 atom stereocenters. The second kappa shape index (κ2) is 5.81. The Morgan fingerprint density at radius 3 is 2.55 bits per heavy atom. The molecule has 3 rings (SSSR count). The van der Waals surface area contributed by atoms with Gasteiger partial charge in [0.25, 0.3) is 0 Å². The van der Waals surface area contributed by atoms with E-state index in [2.05, 4.69) is 6.07 Å². The third-order valence-electron chi connectivity index (χ3n) is 2.93. The number of benzene rings is 3. The quantitative estimate of drug-likeness (QED) is 0.606. The van der Waals surface area contributed by atoms with E-state index in [1.165, 1.54) is 0 Å². The first-order valence-corrected chi connectivity index (χ1v) is 6.70. The molecule has 0 fully saturated rings. The molecule has 0 aliphatic rings. The summed E-state index contributed by atoms with van der Waals surface area (Å²) in [5.41, 5.74) is 2.02. The summed E-state index contributed by atoms with van der Waals surface area (Å²) in [4.78, 5) is 0. The number of ether oxygens (including phenoxy) is 1. The van der Waals surface area contributed by atoms with E-state index in [-0.39, 0.29) is 0 Å². The molecule has 0 amide bonds. The first-order valence-electron chi connectivity index (χ1n) is 6.32. The van der Waals surface area contributed by atoms with E-state index in [4.69, 9.17) is 16.3 Å².